The summed E-state index contributed by atoms with van der Waals surface area (Å²) in [5.74, 6) is 0.863. The minimum absolute atomic E-state index is 0.467. The third kappa shape index (κ3) is 3.12. The number of benzene rings is 1. The minimum Gasteiger partial charge on any atom is -0.368 e. The maximum Gasteiger partial charge on any atom is 0.147 e. The van der Waals surface area contributed by atoms with Crippen molar-refractivity contribution in [1.82, 2.24) is 4.98 Å². The van der Waals surface area contributed by atoms with Gasteiger partial charge in [-0.15, -0.1) is 0 Å². The highest BCUT2D eigenvalue weighted by molar-refractivity contribution is 6.33. The molecule has 0 saturated carbocycles. The van der Waals surface area contributed by atoms with E-state index in [1.54, 1.807) is 0 Å². The van der Waals surface area contributed by atoms with Gasteiger partial charge in [0.05, 0.1) is 5.02 Å². The predicted molar refractivity (Wildman–Crippen MR) is 88.0 cm³/mol. The molecule has 1 aromatic carbocycles. The van der Waals surface area contributed by atoms with Crippen molar-refractivity contribution in [3.63, 3.8) is 0 Å². The first-order valence-corrected chi connectivity index (χ1v) is 7.55. The van der Waals surface area contributed by atoms with Crippen molar-refractivity contribution in [2.75, 3.05) is 36.0 Å². The molecule has 0 aliphatic carbocycles. The van der Waals surface area contributed by atoms with Crippen LogP contribution in [0.2, 0.25) is 5.02 Å². The molecule has 2 heterocycles. The van der Waals surface area contributed by atoms with Crippen molar-refractivity contribution < 1.29 is 0 Å². The van der Waals surface area contributed by atoms with E-state index in [1.807, 2.05) is 18.3 Å². The van der Waals surface area contributed by atoms with E-state index in [1.165, 1.54) is 5.69 Å². The number of piperazine rings is 1. The second kappa shape index (κ2) is 6.33. The quantitative estimate of drug-likeness (QED) is 0.946. The molecule has 2 aromatic rings. The number of para-hydroxylation sites is 1. The minimum atomic E-state index is 0.467. The number of anilines is 2. The number of halogens is 1. The van der Waals surface area contributed by atoms with Crippen LogP contribution in [0.15, 0.2) is 42.6 Å². The zero-order chi connectivity index (χ0) is 14.7. The van der Waals surface area contributed by atoms with Crippen LogP contribution in [0.5, 0.6) is 0 Å². The summed E-state index contributed by atoms with van der Waals surface area (Å²) in [7, 11) is 0. The zero-order valence-electron chi connectivity index (χ0n) is 11.9. The molecule has 1 aromatic heterocycles. The number of hydrogen-bond donors (Lipinski definition) is 1. The van der Waals surface area contributed by atoms with Gasteiger partial charge in [0, 0.05) is 44.6 Å². The molecule has 1 aliphatic rings. The van der Waals surface area contributed by atoms with Gasteiger partial charge in [-0.05, 0) is 23.8 Å². The zero-order valence-corrected chi connectivity index (χ0v) is 12.6. The van der Waals surface area contributed by atoms with Crippen molar-refractivity contribution >= 4 is 23.1 Å². The normalized spacial score (nSPS) is 15.3. The van der Waals surface area contributed by atoms with Gasteiger partial charge in [-0.1, -0.05) is 29.8 Å². The molecule has 0 spiro atoms. The highest BCUT2D eigenvalue weighted by atomic mass is 35.5. The lowest BCUT2D eigenvalue weighted by Gasteiger charge is -2.37. The standard InChI is InChI=1S/C16H19ClN4/c17-15-10-13(11-18)12-19-16(15)21-8-6-20(7-9-21)14-4-2-1-3-5-14/h1-5,10,12H,6-9,11,18H2. The number of pyridine rings is 1. The lowest BCUT2D eigenvalue weighted by molar-refractivity contribution is 0.647. The van der Waals surface area contributed by atoms with Gasteiger partial charge in [0.15, 0.2) is 0 Å². The molecule has 4 nitrogen and oxygen atoms in total. The Bertz CT molecular complexity index is 594. The Morgan fingerprint density at radius 3 is 2.33 bits per heavy atom. The van der Waals surface area contributed by atoms with Crippen LogP contribution in [0.1, 0.15) is 5.56 Å². The van der Waals surface area contributed by atoms with Gasteiger partial charge in [-0.25, -0.2) is 4.98 Å². The summed E-state index contributed by atoms with van der Waals surface area (Å²) in [6.07, 6.45) is 1.81. The lowest BCUT2D eigenvalue weighted by Crippen LogP contribution is -2.47. The molecule has 0 unspecified atom stereocenters. The Kier molecular flexibility index (Phi) is 4.27. The van der Waals surface area contributed by atoms with Crippen LogP contribution in [0.25, 0.3) is 0 Å². The first kappa shape index (κ1) is 14.2. The molecule has 3 rings (SSSR count). The number of rotatable bonds is 3. The van der Waals surface area contributed by atoms with Crippen molar-refractivity contribution in [2.24, 2.45) is 5.73 Å². The maximum atomic E-state index is 6.32. The van der Waals surface area contributed by atoms with Crippen LogP contribution in [-0.2, 0) is 6.54 Å². The molecule has 110 valence electrons. The lowest BCUT2D eigenvalue weighted by atomic mass is 10.2. The van der Waals surface area contributed by atoms with Gasteiger partial charge in [0.2, 0.25) is 0 Å². The summed E-state index contributed by atoms with van der Waals surface area (Å²) in [6.45, 7) is 4.25. The van der Waals surface area contributed by atoms with Gasteiger partial charge >= 0.3 is 0 Å². The summed E-state index contributed by atoms with van der Waals surface area (Å²) in [5.41, 5.74) is 7.85. The summed E-state index contributed by atoms with van der Waals surface area (Å²) < 4.78 is 0. The molecule has 2 N–H and O–H groups in total. The summed E-state index contributed by atoms with van der Waals surface area (Å²) >= 11 is 6.32. The fourth-order valence-corrected chi connectivity index (χ4v) is 2.94. The number of aromatic nitrogens is 1. The Morgan fingerprint density at radius 1 is 1.05 bits per heavy atom. The van der Waals surface area contributed by atoms with E-state index in [0.29, 0.717) is 11.6 Å². The van der Waals surface area contributed by atoms with E-state index < -0.39 is 0 Å². The second-order valence-electron chi connectivity index (χ2n) is 5.16. The van der Waals surface area contributed by atoms with Crippen molar-refractivity contribution in [1.29, 1.82) is 0 Å². The smallest absolute Gasteiger partial charge is 0.147 e. The Morgan fingerprint density at radius 2 is 1.71 bits per heavy atom. The van der Waals surface area contributed by atoms with Crippen LogP contribution in [0.3, 0.4) is 0 Å². The van der Waals surface area contributed by atoms with E-state index in [9.17, 15) is 0 Å². The summed E-state index contributed by atoms with van der Waals surface area (Å²) in [6, 6.07) is 12.4. The Balaban J connectivity index is 1.68. The summed E-state index contributed by atoms with van der Waals surface area (Å²) in [4.78, 5) is 9.09. The number of hydrogen-bond acceptors (Lipinski definition) is 4. The molecule has 1 fully saturated rings. The molecule has 0 radical (unpaired) electrons. The van der Waals surface area contributed by atoms with Crippen molar-refractivity contribution in [3.05, 3.63) is 53.2 Å². The van der Waals surface area contributed by atoms with E-state index in [0.717, 1.165) is 37.6 Å². The van der Waals surface area contributed by atoms with Crippen LogP contribution in [0, 0.1) is 0 Å². The predicted octanol–water partition coefficient (Wildman–Crippen LogP) is 2.52. The average molecular weight is 303 g/mol. The molecule has 1 aliphatic heterocycles. The van der Waals surface area contributed by atoms with Crippen LogP contribution >= 0.6 is 11.6 Å². The first-order chi connectivity index (χ1) is 10.3. The molecular formula is C16H19ClN4. The molecule has 21 heavy (non-hydrogen) atoms. The number of nitrogens with two attached hydrogens (primary N) is 1. The number of nitrogens with zero attached hydrogens (tertiary/aromatic N) is 3. The molecule has 0 bridgehead atoms. The van der Waals surface area contributed by atoms with Gasteiger partial charge < -0.3 is 15.5 Å². The Hall–Kier alpha value is -1.78. The highest BCUT2D eigenvalue weighted by Gasteiger charge is 2.20. The van der Waals surface area contributed by atoms with E-state index >= 15 is 0 Å². The largest absolute Gasteiger partial charge is 0.368 e. The SMILES string of the molecule is NCc1cnc(N2CCN(c3ccccc3)CC2)c(Cl)c1. The Labute approximate surface area is 130 Å². The molecular weight excluding hydrogens is 284 g/mol. The van der Waals surface area contributed by atoms with E-state index in [2.05, 4.69) is 39.0 Å². The van der Waals surface area contributed by atoms with Crippen molar-refractivity contribution in [2.45, 2.75) is 6.54 Å². The highest BCUT2D eigenvalue weighted by Crippen LogP contribution is 2.26. The third-order valence-corrected chi connectivity index (χ3v) is 4.09. The topological polar surface area (TPSA) is 45.4 Å². The van der Waals surface area contributed by atoms with Crippen LogP contribution in [0.4, 0.5) is 11.5 Å². The van der Waals surface area contributed by atoms with E-state index in [4.69, 9.17) is 17.3 Å². The van der Waals surface area contributed by atoms with Gasteiger partial charge in [-0.2, -0.15) is 0 Å². The van der Waals surface area contributed by atoms with Crippen LogP contribution < -0.4 is 15.5 Å². The fraction of sp³-hybridized carbons (Fsp3) is 0.312. The van der Waals surface area contributed by atoms with Gasteiger partial charge in [-0.3, -0.25) is 0 Å². The first-order valence-electron chi connectivity index (χ1n) is 7.17. The van der Waals surface area contributed by atoms with Gasteiger partial charge in [0.1, 0.15) is 5.82 Å². The molecule has 0 atom stereocenters. The second-order valence-corrected chi connectivity index (χ2v) is 5.57. The molecule has 0 amide bonds. The monoisotopic (exact) mass is 302 g/mol. The van der Waals surface area contributed by atoms with Gasteiger partial charge in [0.25, 0.3) is 0 Å². The summed E-state index contributed by atoms with van der Waals surface area (Å²) in [5, 5.41) is 0.686. The molecule has 5 heteroatoms. The molecule has 1 saturated heterocycles. The maximum absolute atomic E-state index is 6.32. The van der Waals surface area contributed by atoms with Crippen LogP contribution in [-0.4, -0.2) is 31.2 Å². The van der Waals surface area contributed by atoms with E-state index in [-0.39, 0.29) is 0 Å². The third-order valence-electron chi connectivity index (χ3n) is 3.81. The fourth-order valence-electron chi connectivity index (χ4n) is 2.63. The van der Waals surface area contributed by atoms with Crippen molar-refractivity contribution in [3.8, 4) is 0 Å². The average Bonchev–Trinajstić information content (AvgIpc) is 2.56.